The lowest BCUT2D eigenvalue weighted by atomic mass is 9.96. The van der Waals surface area contributed by atoms with E-state index in [-0.39, 0.29) is 5.97 Å². The standard InChI is InChI=1S/C12H18O2/c1-7-9-12(6,8-2)14-10(13)11(3,4)5/h8-9H,1-2H2,3-6H3. The van der Waals surface area contributed by atoms with Gasteiger partial charge in [0.25, 0.3) is 0 Å². The highest BCUT2D eigenvalue weighted by atomic mass is 16.6. The molecule has 1 atom stereocenters. The largest absolute Gasteiger partial charge is 0.450 e. The molecule has 0 aromatic heterocycles. The Kier molecular flexibility index (Phi) is 3.91. The fourth-order valence-corrected chi connectivity index (χ4v) is 0.686. The summed E-state index contributed by atoms with van der Waals surface area (Å²) in [5.74, 6) is -0.272. The normalized spacial score (nSPS) is 14.9. The van der Waals surface area contributed by atoms with E-state index in [2.05, 4.69) is 18.9 Å². The van der Waals surface area contributed by atoms with Gasteiger partial charge in [0.1, 0.15) is 0 Å². The minimum Gasteiger partial charge on any atom is -0.450 e. The van der Waals surface area contributed by atoms with Gasteiger partial charge in [0, 0.05) is 6.08 Å². The van der Waals surface area contributed by atoms with Crippen molar-refractivity contribution in [2.75, 3.05) is 0 Å². The number of esters is 1. The van der Waals surface area contributed by atoms with Gasteiger partial charge in [-0.3, -0.25) is 4.79 Å². The Morgan fingerprint density at radius 1 is 1.36 bits per heavy atom. The summed E-state index contributed by atoms with van der Waals surface area (Å²) in [6.45, 7) is 14.2. The topological polar surface area (TPSA) is 26.3 Å². The van der Waals surface area contributed by atoms with Crippen LogP contribution in [0.25, 0.3) is 0 Å². The summed E-state index contributed by atoms with van der Waals surface area (Å²) in [6, 6.07) is 0. The quantitative estimate of drug-likeness (QED) is 0.392. The molecule has 0 bridgehead atoms. The van der Waals surface area contributed by atoms with Gasteiger partial charge in [0.15, 0.2) is 5.60 Å². The monoisotopic (exact) mass is 194 g/mol. The Balaban J connectivity index is 4.72. The van der Waals surface area contributed by atoms with Gasteiger partial charge in [-0.05, 0) is 33.8 Å². The van der Waals surface area contributed by atoms with Crippen molar-refractivity contribution < 1.29 is 9.53 Å². The molecule has 0 radical (unpaired) electrons. The number of rotatable bonds is 3. The van der Waals surface area contributed by atoms with Crippen LogP contribution >= 0.6 is 0 Å². The van der Waals surface area contributed by atoms with Crippen molar-refractivity contribution in [3.05, 3.63) is 31.0 Å². The molecule has 0 saturated carbocycles. The van der Waals surface area contributed by atoms with Crippen LogP contribution in [0.5, 0.6) is 0 Å². The third-order valence-corrected chi connectivity index (χ3v) is 1.72. The molecule has 0 rings (SSSR count). The molecule has 0 aliphatic carbocycles. The second kappa shape index (κ2) is 4.30. The maximum atomic E-state index is 11.6. The van der Waals surface area contributed by atoms with Gasteiger partial charge in [-0.2, -0.15) is 0 Å². The van der Waals surface area contributed by atoms with E-state index in [9.17, 15) is 4.79 Å². The number of hydrogen-bond acceptors (Lipinski definition) is 2. The first kappa shape index (κ1) is 12.7. The van der Waals surface area contributed by atoms with Gasteiger partial charge < -0.3 is 4.74 Å². The highest BCUT2D eigenvalue weighted by molar-refractivity contribution is 5.76. The zero-order valence-electron chi connectivity index (χ0n) is 9.39. The molecule has 0 aliphatic heterocycles. The van der Waals surface area contributed by atoms with Crippen molar-refractivity contribution in [2.45, 2.75) is 33.3 Å². The summed E-state index contributed by atoms with van der Waals surface area (Å²) in [4.78, 5) is 11.6. The minimum atomic E-state index is -0.813. The Bertz CT molecular complexity index is 277. The maximum Gasteiger partial charge on any atom is 0.312 e. The van der Waals surface area contributed by atoms with E-state index in [4.69, 9.17) is 4.74 Å². The Hall–Kier alpha value is -1.27. The summed E-state index contributed by atoms with van der Waals surface area (Å²) in [5, 5.41) is 0. The maximum absolute atomic E-state index is 11.6. The van der Waals surface area contributed by atoms with Crippen LogP contribution in [0.4, 0.5) is 0 Å². The SMILES string of the molecule is C=C=CC(C)(C=C)OC(=O)C(C)(C)C. The molecule has 1 unspecified atom stereocenters. The lowest BCUT2D eigenvalue weighted by Crippen LogP contribution is -2.33. The van der Waals surface area contributed by atoms with Crippen molar-refractivity contribution in [3.8, 4) is 0 Å². The van der Waals surface area contributed by atoms with E-state index < -0.39 is 11.0 Å². The number of hydrogen-bond donors (Lipinski definition) is 0. The molecule has 0 amide bonds. The second-order valence-electron chi connectivity index (χ2n) is 4.38. The highest BCUT2D eigenvalue weighted by Gasteiger charge is 2.29. The molecule has 0 fully saturated rings. The molecule has 0 aromatic rings. The molecule has 0 saturated heterocycles. The van der Waals surface area contributed by atoms with E-state index in [0.29, 0.717) is 0 Å². The van der Waals surface area contributed by atoms with Gasteiger partial charge in [-0.15, -0.1) is 5.73 Å². The van der Waals surface area contributed by atoms with Crippen molar-refractivity contribution >= 4 is 5.97 Å². The van der Waals surface area contributed by atoms with Crippen molar-refractivity contribution in [1.82, 2.24) is 0 Å². The van der Waals surface area contributed by atoms with Crippen LogP contribution in [0.1, 0.15) is 27.7 Å². The zero-order chi connectivity index (χ0) is 11.4. The molecule has 78 valence electrons. The van der Waals surface area contributed by atoms with Gasteiger partial charge in [-0.25, -0.2) is 0 Å². The molecular formula is C12H18O2. The zero-order valence-corrected chi connectivity index (χ0v) is 9.39. The first-order valence-corrected chi connectivity index (χ1v) is 4.49. The van der Waals surface area contributed by atoms with Gasteiger partial charge in [0.2, 0.25) is 0 Å². The summed E-state index contributed by atoms with van der Waals surface area (Å²) in [7, 11) is 0. The molecule has 2 nitrogen and oxygen atoms in total. The lowest BCUT2D eigenvalue weighted by Gasteiger charge is -2.26. The van der Waals surface area contributed by atoms with E-state index in [1.54, 1.807) is 39.8 Å². The van der Waals surface area contributed by atoms with Crippen LogP contribution in [-0.4, -0.2) is 11.6 Å². The molecule has 0 N–H and O–H groups in total. The minimum absolute atomic E-state index is 0.272. The molecular weight excluding hydrogens is 176 g/mol. The summed E-state index contributed by atoms with van der Waals surface area (Å²) in [6.07, 6.45) is 3.12. The average molecular weight is 194 g/mol. The van der Waals surface area contributed by atoms with E-state index >= 15 is 0 Å². The number of carbonyl (C=O) groups excluding carboxylic acids is 1. The molecule has 2 heteroatoms. The second-order valence-corrected chi connectivity index (χ2v) is 4.38. The van der Waals surface area contributed by atoms with Gasteiger partial charge in [0.05, 0.1) is 5.41 Å². The lowest BCUT2D eigenvalue weighted by molar-refractivity contribution is -0.160. The molecule has 0 spiro atoms. The van der Waals surface area contributed by atoms with Gasteiger partial charge in [-0.1, -0.05) is 13.2 Å². The summed E-state index contributed by atoms with van der Waals surface area (Å²) in [5.41, 5.74) is 1.26. The number of ether oxygens (including phenoxy) is 1. The van der Waals surface area contributed by atoms with Crippen LogP contribution in [-0.2, 0) is 9.53 Å². The molecule has 14 heavy (non-hydrogen) atoms. The van der Waals surface area contributed by atoms with Crippen LogP contribution in [0.15, 0.2) is 31.0 Å². The predicted molar refractivity (Wildman–Crippen MR) is 57.9 cm³/mol. The first-order chi connectivity index (χ1) is 6.25. The Morgan fingerprint density at radius 2 is 1.86 bits per heavy atom. The Morgan fingerprint density at radius 3 is 2.14 bits per heavy atom. The fourth-order valence-electron chi connectivity index (χ4n) is 0.686. The smallest absolute Gasteiger partial charge is 0.312 e. The predicted octanol–water partition coefficient (Wildman–Crippen LogP) is 2.86. The van der Waals surface area contributed by atoms with Crippen molar-refractivity contribution in [3.63, 3.8) is 0 Å². The van der Waals surface area contributed by atoms with Crippen molar-refractivity contribution in [1.29, 1.82) is 0 Å². The summed E-state index contributed by atoms with van der Waals surface area (Å²) < 4.78 is 5.28. The molecule has 0 aliphatic rings. The van der Waals surface area contributed by atoms with E-state index in [1.807, 2.05) is 0 Å². The molecule has 0 heterocycles. The van der Waals surface area contributed by atoms with E-state index in [1.165, 1.54) is 0 Å². The van der Waals surface area contributed by atoms with Crippen LogP contribution in [0.3, 0.4) is 0 Å². The highest BCUT2D eigenvalue weighted by Crippen LogP contribution is 2.22. The first-order valence-electron chi connectivity index (χ1n) is 4.49. The van der Waals surface area contributed by atoms with Crippen molar-refractivity contribution in [2.24, 2.45) is 5.41 Å². The van der Waals surface area contributed by atoms with Crippen LogP contribution in [0, 0.1) is 5.41 Å². The summed E-state index contributed by atoms with van der Waals surface area (Å²) >= 11 is 0. The molecule has 0 aromatic carbocycles. The third-order valence-electron chi connectivity index (χ3n) is 1.72. The van der Waals surface area contributed by atoms with E-state index in [0.717, 1.165) is 0 Å². The van der Waals surface area contributed by atoms with Gasteiger partial charge >= 0.3 is 5.97 Å². The Labute approximate surface area is 86.0 Å². The van der Waals surface area contributed by atoms with Crippen LogP contribution < -0.4 is 0 Å². The fraction of sp³-hybridized carbons (Fsp3) is 0.500. The third kappa shape index (κ3) is 3.63. The van der Waals surface area contributed by atoms with Crippen LogP contribution in [0.2, 0.25) is 0 Å². The average Bonchev–Trinajstić information content (AvgIpc) is 2.03. The number of carbonyl (C=O) groups is 1.